The molecule has 8 heteroatoms. The lowest BCUT2D eigenvalue weighted by Crippen LogP contribution is -2.51. The van der Waals surface area contributed by atoms with Crippen LogP contribution in [0.25, 0.3) is 0 Å². The van der Waals surface area contributed by atoms with Gasteiger partial charge in [0.1, 0.15) is 31.0 Å². The van der Waals surface area contributed by atoms with Gasteiger partial charge >= 0.3 is 12.1 Å². The van der Waals surface area contributed by atoms with E-state index < -0.39 is 30.1 Å². The van der Waals surface area contributed by atoms with Gasteiger partial charge in [0, 0.05) is 13.0 Å². The summed E-state index contributed by atoms with van der Waals surface area (Å²) in [6.07, 6.45) is 0.856. The molecule has 0 radical (unpaired) electrons. The van der Waals surface area contributed by atoms with E-state index in [-0.39, 0.29) is 13.0 Å². The number of nitrogens with zero attached hydrogens (tertiary/aromatic N) is 1. The Bertz CT molecular complexity index is 1200. The Kier molecular flexibility index (Phi) is 9.34. The van der Waals surface area contributed by atoms with Crippen LogP contribution in [0.3, 0.4) is 0 Å². The molecule has 0 aromatic heterocycles. The van der Waals surface area contributed by atoms with E-state index in [4.69, 9.17) is 14.2 Å². The Morgan fingerprint density at radius 3 is 2.13 bits per heavy atom. The second-order valence-corrected chi connectivity index (χ2v) is 9.10. The number of carbonyl (C=O) groups is 3. The van der Waals surface area contributed by atoms with Gasteiger partial charge in [0.15, 0.2) is 0 Å². The monoisotopic (exact) mass is 516 g/mol. The fourth-order valence-corrected chi connectivity index (χ4v) is 4.36. The minimum Gasteiger partial charge on any atom is -0.489 e. The van der Waals surface area contributed by atoms with Gasteiger partial charge in [0.05, 0.1) is 7.11 Å². The van der Waals surface area contributed by atoms with Gasteiger partial charge in [0.25, 0.3) is 0 Å². The molecule has 198 valence electrons. The molecule has 4 rings (SSSR count). The Hall–Kier alpha value is -4.33. The molecule has 8 nitrogen and oxygen atoms in total. The third kappa shape index (κ3) is 7.35. The van der Waals surface area contributed by atoms with Crippen LogP contribution in [0.5, 0.6) is 5.75 Å². The minimum absolute atomic E-state index is 0.125. The third-order valence-corrected chi connectivity index (χ3v) is 6.41. The molecule has 2 amide bonds. The summed E-state index contributed by atoms with van der Waals surface area (Å²) < 4.78 is 16.2. The number of hydrogen-bond donors (Lipinski definition) is 1. The van der Waals surface area contributed by atoms with Gasteiger partial charge in [-0.1, -0.05) is 72.8 Å². The molecular weight excluding hydrogens is 484 g/mol. The highest BCUT2D eigenvalue weighted by Gasteiger charge is 2.37. The van der Waals surface area contributed by atoms with E-state index >= 15 is 0 Å². The first-order valence-electron chi connectivity index (χ1n) is 12.6. The van der Waals surface area contributed by atoms with Crippen LogP contribution < -0.4 is 10.1 Å². The molecule has 0 bridgehead atoms. The first-order valence-corrected chi connectivity index (χ1v) is 12.6. The van der Waals surface area contributed by atoms with Crippen molar-refractivity contribution in [1.82, 2.24) is 10.2 Å². The summed E-state index contributed by atoms with van der Waals surface area (Å²) in [4.78, 5) is 39.8. The summed E-state index contributed by atoms with van der Waals surface area (Å²) in [7, 11) is 1.28. The number of benzene rings is 3. The molecule has 1 saturated heterocycles. The maximum absolute atomic E-state index is 13.1. The van der Waals surface area contributed by atoms with Crippen molar-refractivity contribution in [2.75, 3.05) is 13.7 Å². The molecule has 0 unspecified atom stereocenters. The van der Waals surface area contributed by atoms with Crippen molar-refractivity contribution >= 4 is 18.0 Å². The van der Waals surface area contributed by atoms with Gasteiger partial charge < -0.3 is 19.5 Å². The number of ether oxygens (including phenoxy) is 3. The topological polar surface area (TPSA) is 94.2 Å². The maximum atomic E-state index is 13.1. The molecule has 3 aromatic carbocycles. The SMILES string of the molecule is COC(=O)[C@@H](Cc1ccc(OCc2ccccc2)cc1)NC(=O)[C@H]1CCCN1C(=O)OCc1ccccc1. The lowest BCUT2D eigenvalue weighted by atomic mass is 10.0. The number of amides is 2. The van der Waals surface area contributed by atoms with Crippen LogP contribution in [-0.2, 0) is 38.7 Å². The molecule has 2 atom stereocenters. The van der Waals surface area contributed by atoms with Crippen LogP contribution in [0.2, 0.25) is 0 Å². The summed E-state index contributed by atoms with van der Waals surface area (Å²) in [5.74, 6) is -0.261. The Morgan fingerprint density at radius 1 is 0.868 bits per heavy atom. The number of hydrogen-bond acceptors (Lipinski definition) is 6. The first kappa shape index (κ1) is 26.7. The van der Waals surface area contributed by atoms with Crippen molar-refractivity contribution in [1.29, 1.82) is 0 Å². The smallest absolute Gasteiger partial charge is 0.410 e. The minimum atomic E-state index is -0.897. The second-order valence-electron chi connectivity index (χ2n) is 9.10. The van der Waals surface area contributed by atoms with Crippen LogP contribution >= 0.6 is 0 Å². The third-order valence-electron chi connectivity index (χ3n) is 6.41. The quantitative estimate of drug-likeness (QED) is 0.405. The van der Waals surface area contributed by atoms with Crippen molar-refractivity contribution < 1.29 is 28.6 Å². The fraction of sp³-hybridized carbons (Fsp3) is 0.300. The molecule has 0 aliphatic carbocycles. The maximum Gasteiger partial charge on any atom is 0.410 e. The van der Waals surface area contributed by atoms with Crippen molar-refractivity contribution in [3.63, 3.8) is 0 Å². The van der Waals surface area contributed by atoms with Gasteiger partial charge in [-0.2, -0.15) is 0 Å². The van der Waals surface area contributed by atoms with Crippen LogP contribution in [0.15, 0.2) is 84.9 Å². The van der Waals surface area contributed by atoms with E-state index in [9.17, 15) is 14.4 Å². The van der Waals surface area contributed by atoms with Crippen molar-refractivity contribution in [3.8, 4) is 5.75 Å². The van der Waals surface area contributed by atoms with E-state index in [1.807, 2.05) is 84.9 Å². The summed E-state index contributed by atoms with van der Waals surface area (Å²) in [6, 6.07) is 25.0. The fourth-order valence-electron chi connectivity index (χ4n) is 4.36. The number of likely N-dealkylation sites (tertiary alicyclic amines) is 1. The lowest BCUT2D eigenvalue weighted by Gasteiger charge is -2.25. The number of methoxy groups -OCH3 is 1. The molecule has 0 saturated carbocycles. The highest BCUT2D eigenvalue weighted by atomic mass is 16.6. The van der Waals surface area contributed by atoms with E-state index in [1.54, 1.807) is 0 Å². The second kappa shape index (κ2) is 13.3. The van der Waals surface area contributed by atoms with Gasteiger partial charge in [-0.15, -0.1) is 0 Å². The molecule has 0 spiro atoms. The molecule has 3 aromatic rings. The standard InChI is InChI=1S/C30H32N2O6/c1-36-29(34)26(19-22-14-16-25(17-15-22)37-20-23-9-4-2-5-10-23)31-28(33)27-13-8-18-32(27)30(35)38-21-24-11-6-3-7-12-24/h2-7,9-12,14-17,26-27H,8,13,18-21H2,1H3,(H,31,33)/t26-,27-/m1/s1. The summed E-state index contributed by atoms with van der Waals surface area (Å²) >= 11 is 0. The van der Waals surface area contributed by atoms with Gasteiger partial charge in [-0.05, 0) is 41.7 Å². The van der Waals surface area contributed by atoms with Gasteiger partial charge in [0.2, 0.25) is 5.91 Å². The van der Waals surface area contributed by atoms with E-state index in [2.05, 4.69) is 5.32 Å². The molecular formula is C30H32N2O6. The molecule has 1 aliphatic rings. The Balaban J connectivity index is 1.33. The molecule has 38 heavy (non-hydrogen) atoms. The summed E-state index contributed by atoms with van der Waals surface area (Å²) in [6.45, 7) is 0.992. The normalized spacial score (nSPS) is 15.4. The molecule has 1 N–H and O–H groups in total. The zero-order valence-corrected chi connectivity index (χ0v) is 21.4. The lowest BCUT2D eigenvalue weighted by molar-refractivity contribution is -0.145. The number of carbonyl (C=O) groups excluding carboxylic acids is 3. The average Bonchev–Trinajstić information content (AvgIpc) is 3.46. The van der Waals surface area contributed by atoms with Gasteiger partial charge in [-0.3, -0.25) is 9.69 Å². The number of esters is 1. The number of rotatable bonds is 10. The predicted octanol–water partition coefficient (Wildman–Crippen LogP) is 4.27. The van der Waals surface area contributed by atoms with Crippen molar-refractivity contribution in [3.05, 3.63) is 102 Å². The van der Waals surface area contributed by atoms with Crippen LogP contribution in [0.4, 0.5) is 4.79 Å². The van der Waals surface area contributed by atoms with Crippen molar-refractivity contribution in [2.45, 2.75) is 44.6 Å². The zero-order valence-electron chi connectivity index (χ0n) is 21.4. The Labute approximate surface area is 222 Å². The van der Waals surface area contributed by atoms with E-state index in [0.717, 1.165) is 16.7 Å². The molecule has 1 heterocycles. The zero-order chi connectivity index (χ0) is 26.7. The van der Waals surface area contributed by atoms with Crippen LogP contribution in [0, 0.1) is 0 Å². The summed E-state index contributed by atoms with van der Waals surface area (Å²) in [5.41, 5.74) is 2.76. The predicted molar refractivity (Wildman–Crippen MR) is 141 cm³/mol. The highest BCUT2D eigenvalue weighted by molar-refractivity contribution is 5.90. The van der Waals surface area contributed by atoms with Crippen molar-refractivity contribution in [2.24, 2.45) is 0 Å². The Morgan fingerprint density at radius 2 is 1.50 bits per heavy atom. The summed E-state index contributed by atoms with van der Waals surface area (Å²) in [5, 5.41) is 2.78. The molecule has 1 aliphatic heterocycles. The van der Waals surface area contributed by atoms with Crippen LogP contribution in [0.1, 0.15) is 29.5 Å². The van der Waals surface area contributed by atoms with Crippen LogP contribution in [-0.4, -0.2) is 48.6 Å². The highest BCUT2D eigenvalue weighted by Crippen LogP contribution is 2.20. The van der Waals surface area contributed by atoms with E-state index in [0.29, 0.717) is 31.7 Å². The largest absolute Gasteiger partial charge is 0.489 e. The van der Waals surface area contributed by atoms with Gasteiger partial charge in [-0.25, -0.2) is 9.59 Å². The molecule has 1 fully saturated rings. The first-order chi connectivity index (χ1) is 18.5. The average molecular weight is 517 g/mol. The number of nitrogens with one attached hydrogen (secondary N) is 1. The van der Waals surface area contributed by atoms with E-state index in [1.165, 1.54) is 12.0 Å².